The standard InChI is InChI=1S/C12H21N3/c1-10(2)15-6-4-5-11(7-15)12-8-14(3)9-13-12/h8-11H,4-7H2,1-3H3. The zero-order valence-corrected chi connectivity index (χ0v) is 9.98. The molecule has 1 fully saturated rings. The van der Waals surface area contributed by atoms with Crippen molar-refractivity contribution in [2.45, 2.75) is 38.6 Å². The molecule has 3 heteroatoms. The van der Waals surface area contributed by atoms with E-state index in [1.807, 2.05) is 17.9 Å². The summed E-state index contributed by atoms with van der Waals surface area (Å²) >= 11 is 0. The van der Waals surface area contributed by atoms with Crippen LogP contribution in [0.1, 0.15) is 38.3 Å². The topological polar surface area (TPSA) is 21.1 Å². The molecule has 0 saturated carbocycles. The minimum atomic E-state index is 0.641. The Morgan fingerprint density at radius 2 is 2.27 bits per heavy atom. The zero-order valence-electron chi connectivity index (χ0n) is 9.98. The summed E-state index contributed by atoms with van der Waals surface area (Å²) in [5, 5.41) is 0. The summed E-state index contributed by atoms with van der Waals surface area (Å²) in [6, 6.07) is 0.663. The van der Waals surface area contributed by atoms with Gasteiger partial charge in [0.15, 0.2) is 0 Å². The Hall–Kier alpha value is -0.830. The first-order valence-corrected chi connectivity index (χ1v) is 5.88. The molecule has 1 aromatic heterocycles. The molecule has 84 valence electrons. The number of hydrogen-bond acceptors (Lipinski definition) is 2. The van der Waals surface area contributed by atoms with Gasteiger partial charge >= 0.3 is 0 Å². The third kappa shape index (κ3) is 2.40. The van der Waals surface area contributed by atoms with Crippen molar-refractivity contribution in [3.63, 3.8) is 0 Å². The molecule has 0 amide bonds. The molecule has 0 aromatic carbocycles. The molecule has 0 spiro atoms. The molecular weight excluding hydrogens is 186 g/mol. The van der Waals surface area contributed by atoms with Gasteiger partial charge in [-0.3, -0.25) is 0 Å². The lowest BCUT2D eigenvalue weighted by Crippen LogP contribution is -2.39. The molecule has 1 aromatic rings. The third-order valence-electron chi connectivity index (χ3n) is 3.33. The Morgan fingerprint density at radius 3 is 2.87 bits per heavy atom. The molecule has 2 rings (SSSR count). The quantitative estimate of drug-likeness (QED) is 0.739. The molecule has 1 aliphatic rings. The van der Waals surface area contributed by atoms with Gasteiger partial charge in [0, 0.05) is 31.7 Å². The number of rotatable bonds is 2. The number of piperidine rings is 1. The van der Waals surface area contributed by atoms with Crippen LogP contribution in [0.15, 0.2) is 12.5 Å². The minimum absolute atomic E-state index is 0.641. The average Bonchev–Trinajstić information content (AvgIpc) is 2.65. The van der Waals surface area contributed by atoms with Crippen molar-refractivity contribution in [1.82, 2.24) is 14.5 Å². The van der Waals surface area contributed by atoms with Gasteiger partial charge in [-0.25, -0.2) is 4.98 Å². The molecular formula is C12H21N3. The second kappa shape index (κ2) is 4.35. The lowest BCUT2D eigenvalue weighted by Gasteiger charge is -2.34. The van der Waals surface area contributed by atoms with E-state index in [9.17, 15) is 0 Å². The van der Waals surface area contributed by atoms with Crippen LogP contribution in [0.4, 0.5) is 0 Å². The predicted octanol–water partition coefficient (Wildman–Crippen LogP) is 2.01. The lowest BCUT2D eigenvalue weighted by atomic mass is 9.94. The van der Waals surface area contributed by atoms with E-state index in [4.69, 9.17) is 0 Å². The smallest absolute Gasteiger partial charge is 0.0946 e. The van der Waals surface area contributed by atoms with Crippen molar-refractivity contribution >= 4 is 0 Å². The van der Waals surface area contributed by atoms with Crippen LogP contribution in [0.2, 0.25) is 0 Å². The molecule has 1 aliphatic heterocycles. The third-order valence-corrected chi connectivity index (χ3v) is 3.33. The molecule has 1 atom stereocenters. The maximum atomic E-state index is 4.47. The highest BCUT2D eigenvalue weighted by molar-refractivity contribution is 5.06. The minimum Gasteiger partial charge on any atom is -0.340 e. The Kier molecular flexibility index (Phi) is 3.10. The van der Waals surface area contributed by atoms with Gasteiger partial charge in [-0.1, -0.05) is 0 Å². The number of likely N-dealkylation sites (tertiary alicyclic amines) is 1. The van der Waals surface area contributed by atoms with Crippen LogP contribution in [0.5, 0.6) is 0 Å². The van der Waals surface area contributed by atoms with Crippen molar-refractivity contribution < 1.29 is 0 Å². The molecule has 1 unspecified atom stereocenters. The molecule has 15 heavy (non-hydrogen) atoms. The molecule has 0 aliphatic carbocycles. The number of imidazole rings is 1. The Bertz CT molecular complexity index is 316. The van der Waals surface area contributed by atoms with Crippen LogP contribution in [-0.2, 0) is 7.05 Å². The van der Waals surface area contributed by atoms with Crippen molar-refractivity contribution in [3.05, 3.63) is 18.2 Å². The fraction of sp³-hybridized carbons (Fsp3) is 0.750. The number of nitrogens with zero attached hydrogens (tertiary/aromatic N) is 3. The Balaban J connectivity index is 2.04. The highest BCUT2D eigenvalue weighted by Gasteiger charge is 2.23. The molecule has 1 saturated heterocycles. The number of aryl methyl sites for hydroxylation is 1. The summed E-state index contributed by atoms with van der Waals surface area (Å²) in [7, 11) is 2.04. The fourth-order valence-corrected chi connectivity index (χ4v) is 2.36. The van der Waals surface area contributed by atoms with Gasteiger partial charge < -0.3 is 9.47 Å². The van der Waals surface area contributed by atoms with Crippen LogP contribution in [-0.4, -0.2) is 33.6 Å². The maximum absolute atomic E-state index is 4.47. The van der Waals surface area contributed by atoms with Gasteiger partial charge in [-0.15, -0.1) is 0 Å². The van der Waals surface area contributed by atoms with E-state index in [2.05, 4.69) is 29.9 Å². The maximum Gasteiger partial charge on any atom is 0.0946 e. The first kappa shape index (κ1) is 10.7. The summed E-state index contributed by atoms with van der Waals surface area (Å²) in [6.07, 6.45) is 6.66. The van der Waals surface area contributed by atoms with Crippen LogP contribution >= 0.6 is 0 Å². The van der Waals surface area contributed by atoms with E-state index < -0.39 is 0 Å². The second-order valence-corrected chi connectivity index (χ2v) is 4.89. The normalized spacial score (nSPS) is 23.6. The van der Waals surface area contributed by atoms with Gasteiger partial charge in [0.05, 0.1) is 12.0 Å². The van der Waals surface area contributed by atoms with Crippen molar-refractivity contribution in [2.75, 3.05) is 13.1 Å². The van der Waals surface area contributed by atoms with Crippen LogP contribution < -0.4 is 0 Å². The van der Waals surface area contributed by atoms with Gasteiger partial charge in [-0.2, -0.15) is 0 Å². The largest absolute Gasteiger partial charge is 0.340 e. The van der Waals surface area contributed by atoms with Gasteiger partial charge in [0.1, 0.15) is 0 Å². The predicted molar refractivity (Wildman–Crippen MR) is 61.9 cm³/mol. The van der Waals surface area contributed by atoms with Crippen molar-refractivity contribution in [2.24, 2.45) is 7.05 Å². The van der Waals surface area contributed by atoms with Gasteiger partial charge in [0.2, 0.25) is 0 Å². The summed E-state index contributed by atoms with van der Waals surface area (Å²) in [5.41, 5.74) is 1.27. The summed E-state index contributed by atoms with van der Waals surface area (Å²) in [5.74, 6) is 0.641. The summed E-state index contributed by atoms with van der Waals surface area (Å²) in [4.78, 5) is 7.03. The van der Waals surface area contributed by atoms with E-state index >= 15 is 0 Å². The molecule has 0 radical (unpaired) electrons. The first-order chi connectivity index (χ1) is 7.16. The Morgan fingerprint density at radius 1 is 1.47 bits per heavy atom. The first-order valence-electron chi connectivity index (χ1n) is 5.88. The average molecular weight is 207 g/mol. The van der Waals surface area contributed by atoms with E-state index in [1.165, 1.54) is 31.6 Å². The van der Waals surface area contributed by atoms with Crippen molar-refractivity contribution in [3.8, 4) is 0 Å². The molecule has 3 nitrogen and oxygen atoms in total. The highest BCUT2D eigenvalue weighted by atomic mass is 15.2. The van der Waals surface area contributed by atoms with Crippen molar-refractivity contribution in [1.29, 1.82) is 0 Å². The van der Waals surface area contributed by atoms with Crippen LogP contribution in [0.3, 0.4) is 0 Å². The van der Waals surface area contributed by atoms with Crippen LogP contribution in [0, 0.1) is 0 Å². The summed E-state index contributed by atoms with van der Waals surface area (Å²) in [6.45, 7) is 6.98. The van der Waals surface area contributed by atoms with E-state index in [-0.39, 0.29) is 0 Å². The zero-order chi connectivity index (χ0) is 10.8. The molecule has 0 bridgehead atoms. The molecule has 0 N–H and O–H groups in total. The van der Waals surface area contributed by atoms with E-state index in [1.54, 1.807) is 0 Å². The van der Waals surface area contributed by atoms with Gasteiger partial charge in [0.25, 0.3) is 0 Å². The Labute approximate surface area is 92.1 Å². The summed E-state index contributed by atoms with van der Waals surface area (Å²) < 4.78 is 2.05. The van der Waals surface area contributed by atoms with Gasteiger partial charge in [-0.05, 0) is 33.2 Å². The number of aromatic nitrogens is 2. The second-order valence-electron chi connectivity index (χ2n) is 4.89. The van der Waals surface area contributed by atoms with E-state index in [0.29, 0.717) is 12.0 Å². The fourth-order valence-electron chi connectivity index (χ4n) is 2.36. The molecule has 2 heterocycles. The lowest BCUT2D eigenvalue weighted by molar-refractivity contribution is 0.166. The SMILES string of the molecule is CC(C)N1CCCC(c2cn(C)cn2)C1. The van der Waals surface area contributed by atoms with Crippen LogP contribution in [0.25, 0.3) is 0 Å². The van der Waals surface area contributed by atoms with E-state index in [0.717, 1.165) is 0 Å². The monoisotopic (exact) mass is 207 g/mol. The highest BCUT2D eigenvalue weighted by Crippen LogP contribution is 2.26. The number of hydrogen-bond donors (Lipinski definition) is 0.